The number of benzene rings is 1. The van der Waals surface area contributed by atoms with E-state index in [-0.39, 0.29) is 17.9 Å². The fourth-order valence-electron chi connectivity index (χ4n) is 2.05. The topological polar surface area (TPSA) is 52.0 Å². The largest absolute Gasteiger partial charge is 0.292 e. The second kappa shape index (κ2) is 5.69. The minimum absolute atomic E-state index is 0.0132. The van der Waals surface area contributed by atoms with Crippen LogP contribution in [0, 0.1) is 10.5 Å². The molecule has 0 atom stereocenters. The van der Waals surface area contributed by atoms with Crippen molar-refractivity contribution in [3.05, 3.63) is 61.0 Å². The van der Waals surface area contributed by atoms with Crippen LogP contribution in [-0.2, 0) is 6.54 Å². The SMILES string of the molecule is Cc1csc2c(=O)n(CC(=O)c3ccc(I)cc3)cnc12. The highest BCUT2D eigenvalue weighted by atomic mass is 127. The molecular formula is C15H11IN2O2S. The molecular weight excluding hydrogens is 399 g/mol. The summed E-state index contributed by atoms with van der Waals surface area (Å²) in [7, 11) is 0. The summed E-state index contributed by atoms with van der Waals surface area (Å²) in [5.41, 5.74) is 2.16. The van der Waals surface area contributed by atoms with Crippen LogP contribution in [0.25, 0.3) is 10.2 Å². The third-order valence-corrected chi connectivity index (χ3v) is 5.00. The Balaban J connectivity index is 1.94. The van der Waals surface area contributed by atoms with E-state index in [2.05, 4.69) is 27.6 Å². The molecule has 106 valence electrons. The lowest BCUT2D eigenvalue weighted by atomic mass is 10.1. The van der Waals surface area contributed by atoms with Gasteiger partial charge < -0.3 is 0 Å². The summed E-state index contributed by atoms with van der Waals surface area (Å²) < 4.78 is 3.04. The van der Waals surface area contributed by atoms with E-state index in [0.717, 1.165) is 14.7 Å². The van der Waals surface area contributed by atoms with E-state index in [0.29, 0.717) is 10.3 Å². The highest BCUT2D eigenvalue weighted by Crippen LogP contribution is 2.19. The summed E-state index contributed by atoms with van der Waals surface area (Å²) in [6, 6.07) is 7.30. The predicted octanol–water partition coefficient (Wildman–Crippen LogP) is 3.25. The number of Topliss-reactive ketones (excluding diaryl/α,β-unsaturated/α-hetero) is 1. The third-order valence-electron chi connectivity index (χ3n) is 3.20. The third kappa shape index (κ3) is 2.77. The van der Waals surface area contributed by atoms with Crippen molar-refractivity contribution in [3.63, 3.8) is 0 Å². The van der Waals surface area contributed by atoms with Gasteiger partial charge in [-0.2, -0.15) is 0 Å². The number of halogens is 1. The Kier molecular flexibility index (Phi) is 3.90. The number of hydrogen-bond donors (Lipinski definition) is 0. The Labute approximate surface area is 138 Å². The van der Waals surface area contributed by atoms with Crippen LogP contribution in [0.2, 0.25) is 0 Å². The van der Waals surface area contributed by atoms with Crippen LogP contribution in [-0.4, -0.2) is 15.3 Å². The Morgan fingerprint density at radius 3 is 2.76 bits per heavy atom. The summed E-state index contributed by atoms with van der Waals surface area (Å²) in [6.45, 7) is 1.94. The van der Waals surface area contributed by atoms with Gasteiger partial charge in [-0.15, -0.1) is 11.3 Å². The molecule has 4 nitrogen and oxygen atoms in total. The molecule has 0 saturated carbocycles. The van der Waals surface area contributed by atoms with Gasteiger partial charge in [0.25, 0.3) is 5.56 Å². The molecule has 0 amide bonds. The minimum Gasteiger partial charge on any atom is -0.292 e. The maximum atomic E-state index is 12.3. The van der Waals surface area contributed by atoms with Gasteiger partial charge in [-0.25, -0.2) is 4.98 Å². The molecule has 3 rings (SSSR count). The van der Waals surface area contributed by atoms with E-state index in [1.54, 1.807) is 12.1 Å². The van der Waals surface area contributed by atoms with Crippen LogP contribution in [0.3, 0.4) is 0 Å². The quantitative estimate of drug-likeness (QED) is 0.492. The van der Waals surface area contributed by atoms with Crippen molar-refractivity contribution >= 4 is 49.9 Å². The van der Waals surface area contributed by atoms with Gasteiger partial charge in [0.1, 0.15) is 4.70 Å². The van der Waals surface area contributed by atoms with Crippen molar-refractivity contribution in [3.8, 4) is 0 Å². The zero-order valence-corrected chi connectivity index (χ0v) is 14.1. The second-order valence-electron chi connectivity index (χ2n) is 4.70. The van der Waals surface area contributed by atoms with Crippen molar-refractivity contribution in [1.29, 1.82) is 0 Å². The molecule has 0 radical (unpaired) electrons. The number of ketones is 1. The van der Waals surface area contributed by atoms with E-state index < -0.39 is 0 Å². The fraction of sp³-hybridized carbons (Fsp3) is 0.133. The van der Waals surface area contributed by atoms with Gasteiger partial charge in [0.2, 0.25) is 0 Å². The fourth-order valence-corrected chi connectivity index (χ4v) is 3.36. The first kappa shape index (κ1) is 14.4. The Hall–Kier alpha value is -1.54. The van der Waals surface area contributed by atoms with Crippen molar-refractivity contribution in [1.82, 2.24) is 9.55 Å². The van der Waals surface area contributed by atoms with E-state index in [9.17, 15) is 9.59 Å². The van der Waals surface area contributed by atoms with E-state index >= 15 is 0 Å². The van der Waals surface area contributed by atoms with Gasteiger partial charge in [0.05, 0.1) is 18.4 Å². The highest BCUT2D eigenvalue weighted by Gasteiger charge is 2.12. The Morgan fingerprint density at radius 1 is 1.33 bits per heavy atom. The normalized spacial score (nSPS) is 11.0. The monoisotopic (exact) mass is 410 g/mol. The summed E-state index contributed by atoms with van der Waals surface area (Å²) in [5, 5.41) is 1.91. The van der Waals surface area contributed by atoms with Crippen molar-refractivity contribution in [2.75, 3.05) is 0 Å². The number of carbonyl (C=O) groups is 1. The lowest BCUT2D eigenvalue weighted by Gasteiger charge is -2.05. The average Bonchev–Trinajstić information content (AvgIpc) is 2.85. The number of aromatic nitrogens is 2. The summed E-state index contributed by atoms with van der Waals surface area (Å²) in [5.74, 6) is -0.0945. The molecule has 0 aliphatic rings. The zero-order chi connectivity index (χ0) is 15.0. The second-order valence-corrected chi connectivity index (χ2v) is 6.83. The minimum atomic E-state index is -0.156. The lowest BCUT2D eigenvalue weighted by molar-refractivity contribution is 0.0970. The van der Waals surface area contributed by atoms with Crippen molar-refractivity contribution in [2.45, 2.75) is 13.5 Å². The van der Waals surface area contributed by atoms with Crippen LogP contribution >= 0.6 is 33.9 Å². The van der Waals surface area contributed by atoms with Gasteiger partial charge in [-0.3, -0.25) is 14.2 Å². The molecule has 2 heterocycles. The Morgan fingerprint density at radius 2 is 2.05 bits per heavy atom. The number of hydrogen-bond acceptors (Lipinski definition) is 4. The molecule has 3 aromatic rings. The molecule has 1 aromatic carbocycles. The van der Waals surface area contributed by atoms with Gasteiger partial charge in [-0.1, -0.05) is 12.1 Å². The molecule has 0 fully saturated rings. The highest BCUT2D eigenvalue weighted by molar-refractivity contribution is 14.1. The van der Waals surface area contributed by atoms with E-state index in [4.69, 9.17) is 0 Å². The smallest absolute Gasteiger partial charge is 0.271 e. The summed E-state index contributed by atoms with van der Waals surface area (Å²) in [4.78, 5) is 28.9. The summed E-state index contributed by atoms with van der Waals surface area (Å²) in [6.07, 6.45) is 1.45. The standard InChI is InChI=1S/C15H11IN2O2S/c1-9-7-21-14-13(9)17-8-18(15(14)20)6-12(19)10-2-4-11(16)5-3-10/h2-5,7-8H,6H2,1H3. The van der Waals surface area contributed by atoms with Crippen LogP contribution < -0.4 is 5.56 Å². The molecule has 0 saturated heterocycles. The van der Waals surface area contributed by atoms with Crippen molar-refractivity contribution < 1.29 is 4.79 Å². The van der Waals surface area contributed by atoms with E-state index in [1.165, 1.54) is 22.2 Å². The number of fused-ring (bicyclic) bond motifs is 1. The first-order valence-electron chi connectivity index (χ1n) is 6.28. The number of carbonyl (C=O) groups excluding carboxylic acids is 1. The maximum Gasteiger partial charge on any atom is 0.271 e. The van der Waals surface area contributed by atoms with Gasteiger partial charge in [-0.05, 0) is 52.6 Å². The number of aryl methyl sites for hydroxylation is 1. The predicted molar refractivity (Wildman–Crippen MR) is 92.1 cm³/mol. The lowest BCUT2D eigenvalue weighted by Crippen LogP contribution is -2.24. The Bertz CT molecular complexity index is 881. The summed E-state index contributed by atoms with van der Waals surface area (Å²) >= 11 is 3.56. The molecule has 0 aliphatic carbocycles. The zero-order valence-electron chi connectivity index (χ0n) is 11.2. The van der Waals surface area contributed by atoms with Crippen LogP contribution in [0.4, 0.5) is 0 Å². The number of nitrogens with zero attached hydrogens (tertiary/aromatic N) is 2. The molecule has 0 spiro atoms. The molecule has 0 aliphatic heterocycles. The maximum absolute atomic E-state index is 12.3. The van der Waals surface area contributed by atoms with Crippen LogP contribution in [0.5, 0.6) is 0 Å². The average molecular weight is 410 g/mol. The molecule has 6 heteroatoms. The van der Waals surface area contributed by atoms with E-state index in [1.807, 2.05) is 24.4 Å². The molecule has 2 aromatic heterocycles. The van der Waals surface area contributed by atoms with Crippen molar-refractivity contribution in [2.24, 2.45) is 0 Å². The molecule has 21 heavy (non-hydrogen) atoms. The number of thiophene rings is 1. The van der Waals surface area contributed by atoms with Crippen LogP contribution in [0.15, 0.2) is 40.8 Å². The van der Waals surface area contributed by atoms with Gasteiger partial charge in [0, 0.05) is 9.13 Å². The van der Waals surface area contributed by atoms with Gasteiger partial charge >= 0.3 is 0 Å². The van der Waals surface area contributed by atoms with Gasteiger partial charge in [0.15, 0.2) is 5.78 Å². The molecule has 0 unspecified atom stereocenters. The number of rotatable bonds is 3. The molecule has 0 bridgehead atoms. The first-order chi connectivity index (χ1) is 10.1. The van der Waals surface area contributed by atoms with Crippen LogP contribution in [0.1, 0.15) is 15.9 Å². The molecule has 0 N–H and O–H groups in total. The first-order valence-corrected chi connectivity index (χ1v) is 8.24.